The summed E-state index contributed by atoms with van der Waals surface area (Å²) < 4.78 is 0.783. The molecule has 1 aliphatic carbocycles. The Balaban J connectivity index is 2.01. The van der Waals surface area contributed by atoms with E-state index in [4.69, 9.17) is 0 Å². The van der Waals surface area contributed by atoms with Gasteiger partial charge in [-0.15, -0.1) is 17.1 Å². The monoisotopic (exact) mass is 277 g/mol. The molecule has 0 saturated heterocycles. The van der Waals surface area contributed by atoms with Gasteiger partial charge in [0.05, 0.1) is 5.69 Å². The van der Waals surface area contributed by atoms with E-state index < -0.39 is 0 Å². The summed E-state index contributed by atoms with van der Waals surface area (Å²) in [5.74, 6) is 0. The van der Waals surface area contributed by atoms with Crippen molar-refractivity contribution < 1.29 is 0 Å². The maximum absolute atomic E-state index is 12.0. The molecule has 96 valence electrons. The number of fused-ring (bicyclic) bond motifs is 3. The summed E-state index contributed by atoms with van der Waals surface area (Å²) in [7, 11) is 0. The van der Waals surface area contributed by atoms with Crippen LogP contribution >= 0.6 is 11.3 Å². The number of hydrogen-bond acceptors (Lipinski definition) is 2. The molecule has 2 nitrogen and oxygen atoms in total. The topological polar surface area (TPSA) is 32.9 Å². The van der Waals surface area contributed by atoms with Gasteiger partial charge in [-0.05, 0) is 23.9 Å². The van der Waals surface area contributed by atoms with Crippen molar-refractivity contribution in [3.8, 4) is 0 Å². The van der Waals surface area contributed by atoms with Gasteiger partial charge in [-0.1, -0.05) is 29.8 Å². The van der Waals surface area contributed by atoms with Gasteiger partial charge in [0.1, 0.15) is 4.70 Å². The van der Waals surface area contributed by atoms with E-state index in [1.54, 1.807) is 0 Å². The van der Waals surface area contributed by atoms with Gasteiger partial charge in [0.25, 0.3) is 5.56 Å². The minimum absolute atomic E-state index is 0.0167. The number of aryl methyl sites for hydroxylation is 1. The molecule has 0 bridgehead atoms. The Morgan fingerprint density at radius 1 is 1.15 bits per heavy atom. The molecule has 0 atom stereocenters. The molecule has 1 aromatic carbocycles. The average molecular weight is 277 g/mol. The predicted molar refractivity (Wildman–Crippen MR) is 84.1 cm³/mol. The number of hydrogen-bond donors (Lipinski definition) is 1. The van der Waals surface area contributed by atoms with Crippen molar-refractivity contribution in [2.45, 2.75) is 6.92 Å². The van der Waals surface area contributed by atoms with Crippen LogP contribution in [-0.2, 0) is 0 Å². The molecule has 2 heterocycles. The summed E-state index contributed by atoms with van der Waals surface area (Å²) >= 11 is 1.48. The van der Waals surface area contributed by atoms with Gasteiger partial charge in [-0.3, -0.25) is 4.79 Å². The highest BCUT2D eigenvalue weighted by molar-refractivity contribution is 7.17. The third-order valence-electron chi connectivity index (χ3n) is 3.61. The van der Waals surface area contributed by atoms with Crippen molar-refractivity contribution in [2.24, 2.45) is 0 Å². The SMILES string of the molecule is Cc1ccc(C2=C=Cc3[nH]c(=O)c4sccc4c32)cc1. The Bertz CT molecular complexity index is 951. The maximum Gasteiger partial charge on any atom is 0.266 e. The van der Waals surface area contributed by atoms with Crippen molar-refractivity contribution >= 4 is 33.1 Å². The molecular formula is C17H11NOS. The van der Waals surface area contributed by atoms with Crippen LogP contribution in [-0.4, -0.2) is 4.98 Å². The number of H-pyrrole nitrogens is 1. The molecular weight excluding hydrogens is 266 g/mol. The summed E-state index contributed by atoms with van der Waals surface area (Å²) in [6, 6.07) is 10.4. The molecule has 3 aromatic rings. The fourth-order valence-electron chi connectivity index (χ4n) is 2.61. The Kier molecular flexibility index (Phi) is 2.34. The highest BCUT2D eigenvalue weighted by Crippen LogP contribution is 2.35. The van der Waals surface area contributed by atoms with Crippen LogP contribution < -0.4 is 5.56 Å². The molecule has 0 amide bonds. The van der Waals surface area contributed by atoms with Crippen LogP contribution in [0.5, 0.6) is 0 Å². The highest BCUT2D eigenvalue weighted by atomic mass is 32.1. The zero-order valence-electron chi connectivity index (χ0n) is 10.9. The first-order valence-electron chi connectivity index (χ1n) is 6.41. The third kappa shape index (κ3) is 1.54. The maximum atomic E-state index is 12.0. The lowest BCUT2D eigenvalue weighted by molar-refractivity contribution is 1.25. The number of aromatic amines is 1. The van der Waals surface area contributed by atoms with E-state index in [0.29, 0.717) is 0 Å². The van der Waals surface area contributed by atoms with E-state index in [1.165, 1.54) is 16.9 Å². The Hall–Kier alpha value is -2.35. The molecule has 3 heteroatoms. The van der Waals surface area contributed by atoms with Crippen molar-refractivity contribution in [1.82, 2.24) is 4.98 Å². The molecule has 2 aromatic heterocycles. The van der Waals surface area contributed by atoms with Crippen molar-refractivity contribution in [1.29, 1.82) is 0 Å². The van der Waals surface area contributed by atoms with Gasteiger partial charge in [0.15, 0.2) is 0 Å². The van der Waals surface area contributed by atoms with Crippen LogP contribution in [0.25, 0.3) is 21.7 Å². The first-order chi connectivity index (χ1) is 9.74. The molecule has 1 aliphatic rings. The Morgan fingerprint density at radius 3 is 2.75 bits per heavy atom. The van der Waals surface area contributed by atoms with Gasteiger partial charge in [-0.25, -0.2) is 0 Å². The molecule has 0 fully saturated rings. The van der Waals surface area contributed by atoms with Crippen LogP contribution in [0.2, 0.25) is 0 Å². The molecule has 0 unspecified atom stereocenters. The number of rotatable bonds is 1. The van der Waals surface area contributed by atoms with Crippen LogP contribution in [0.15, 0.2) is 46.2 Å². The van der Waals surface area contributed by atoms with Crippen molar-refractivity contribution in [3.05, 3.63) is 74.2 Å². The van der Waals surface area contributed by atoms with E-state index >= 15 is 0 Å². The van der Waals surface area contributed by atoms with Gasteiger partial charge < -0.3 is 4.98 Å². The van der Waals surface area contributed by atoms with E-state index in [-0.39, 0.29) is 5.56 Å². The smallest absolute Gasteiger partial charge is 0.266 e. The lowest BCUT2D eigenvalue weighted by Gasteiger charge is -2.07. The molecule has 0 radical (unpaired) electrons. The number of pyridine rings is 1. The van der Waals surface area contributed by atoms with Crippen LogP contribution in [0.3, 0.4) is 0 Å². The zero-order chi connectivity index (χ0) is 13.7. The fraction of sp³-hybridized carbons (Fsp3) is 0.0588. The average Bonchev–Trinajstić information content (AvgIpc) is 3.05. The Labute approximate surface area is 119 Å². The number of aromatic nitrogens is 1. The van der Waals surface area contributed by atoms with Crippen molar-refractivity contribution in [3.63, 3.8) is 0 Å². The summed E-state index contributed by atoms with van der Waals surface area (Å²) in [6.07, 6.45) is 1.86. The lowest BCUT2D eigenvalue weighted by Crippen LogP contribution is -2.07. The normalized spacial score (nSPS) is 12.8. The summed E-state index contributed by atoms with van der Waals surface area (Å²) in [5, 5.41) is 2.98. The number of benzene rings is 1. The minimum Gasteiger partial charge on any atom is -0.320 e. The Morgan fingerprint density at radius 2 is 1.95 bits per heavy atom. The first kappa shape index (κ1) is 11.5. The van der Waals surface area contributed by atoms with E-state index in [9.17, 15) is 4.79 Å². The summed E-state index contributed by atoms with van der Waals surface area (Å²) in [6.45, 7) is 2.07. The molecule has 0 spiro atoms. The molecule has 20 heavy (non-hydrogen) atoms. The molecule has 4 rings (SSSR count). The summed E-state index contributed by atoms with van der Waals surface area (Å²) in [5.41, 5.74) is 8.64. The highest BCUT2D eigenvalue weighted by Gasteiger charge is 2.19. The van der Waals surface area contributed by atoms with Gasteiger partial charge in [0.2, 0.25) is 0 Å². The van der Waals surface area contributed by atoms with E-state index in [0.717, 1.165) is 32.5 Å². The second-order valence-electron chi connectivity index (χ2n) is 4.94. The standard InChI is InChI=1S/C17H11NOS/c1-10-2-4-11(5-3-10)12-6-7-14-15(12)13-8-9-20-16(13)17(19)18-14/h2-5,7-9H,1H3,(H,18,19). The fourth-order valence-corrected chi connectivity index (χ4v) is 3.41. The van der Waals surface area contributed by atoms with Crippen LogP contribution in [0.4, 0.5) is 0 Å². The zero-order valence-corrected chi connectivity index (χ0v) is 11.7. The van der Waals surface area contributed by atoms with Crippen LogP contribution in [0, 0.1) is 6.92 Å². The second kappa shape index (κ2) is 4.07. The molecule has 0 aliphatic heterocycles. The quantitative estimate of drug-likeness (QED) is 0.525. The van der Waals surface area contributed by atoms with Gasteiger partial charge in [-0.2, -0.15) is 0 Å². The summed E-state index contributed by atoms with van der Waals surface area (Å²) in [4.78, 5) is 14.9. The van der Waals surface area contributed by atoms with Crippen molar-refractivity contribution in [2.75, 3.05) is 0 Å². The minimum atomic E-state index is -0.0167. The largest absolute Gasteiger partial charge is 0.320 e. The number of nitrogens with one attached hydrogen (secondary N) is 1. The van der Waals surface area contributed by atoms with E-state index in [2.05, 4.69) is 41.9 Å². The lowest BCUT2D eigenvalue weighted by atomic mass is 9.97. The number of thiophene rings is 1. The van der Waals surface area contributed by atoms with Gasteiger partial charge in [0, 0.05) is 22.6 Å². The first-order valence-corrected chi connectivity index (χ1v) is 7.29. The van der Waals surface area contributed by atoms with Crippen LogP contribution in [0.1, 0.15) is 22.4 Å². The third-order valence-corrected chi connectivity index (χ3v) is 4.52. The van der Waals surface area contributed by atoms with E-state index in [1.807, 2.05) is 17.5 Å². The molecule has 0 saturated carbocycles. The molecule has 1 N–H and O–H groups in total. The second-order valence-corrected chi connectivity index (χ2v) is 5.85. The predicted octanol–water partition coefficient (Wildman–Crippen LogP) is 3.96. The van der Waals surface area contributed by atoms with Gasteiger partial charge >= 0.3 is 0 Å².